The Bertz CT molecular complexity index is 531. The fourth-order valence-electron chi connectivity index (χ4n) is 1.67. The van der Waals surface area contributed by atoms with Crippen molar-refractivity contribution in [3.63, 3.8) is 0 Å². The van der Waals surface area contributed by atoms with Crippen molar-refractivity contribution in [1.82, 2.24) is 9.97 Å². The molecule has 0 bridgehead atoms. The van der Waals surface area contributed by atoms with Gasteiger partial charge in [-0.3, -0.25) is 0 Å². The number of hydrogen-bond donors (Lipinski definition) is 1. The zero-order valence-electron chi connectivity index (χ0n) is 11.6. The minimum absolute atomic E-state index is 0.502. The minimum Gasteiger partial charge on any atom is -0.493 e. The smallest absolute Gasteiger partial charge is 0.187 e. The predicted octanol–water partition coefficient (Wildman–Crippen LogP) is 2.80. The summed E-state index contributed by atoms with van der Waals surface area (Å²) in [4.78, 5) is 8.51. The van der Waals surface area contributed by atoms with Crippen LogP contribution in [0.25, 0.3) is 0 Å². The molecule has 2 rings (SSSR count). The molecule has 0 aliphatic heterocycles. The Hall–Kier alpha value is -1.59. The first-order valence-corrected chi connectivity index (χ1v) is 7.60. The second-order valence-corrected chi connectivity index (χ2v) is 5.47. The predicted molar refractivity (Wildman–Crippen MR) is 81.9 cm³/mol. The second-order valence-electron chi connectivity index (χ2n) is 4.41. The molecule has 0 unspecified atom stereocenters. The Morgan fingerprint density at radius 1 is 1.20 bits per heavy atom. The van der Waals surface area contributed by atoms with Crippen molar-refractivity contribution < 1.29 is 4.74 Å². The molecule has 0 radical (unpaired) electrons. The first-order valence-electron chi connectivity index (χ1n) is 6.62. The van der Waals surface area contributed by atoms with E-state index >= 15 is 0 Å². The molecule has 0 amide bonds. The quantitative estimate of drug-likeness (QED) is 0.482. The number of ether oxygens (including phenoxy) is 1. The van der Waals surface area contributed by atoms with Crippen LogP contribution < -0.4 is 10.5 Å². The lowest BCUT2D eigenvalue weighted by atomic mass is 10.2. The summed E-state index contributed by atoms with van der Waals surface area (Å²) in [6.07, 6.45) is 4.62. The summed E-state index contributed by atoms with van der Waals surface area (Å²) in [7, 11) is 0. The van der Waals surface area contributed by atoms with Crippen LogP contribution in [-0.4, -0.2) is 22.3 Å². The van der Waals surface area contributed by atoms with Gasteiger partial charge in [-0.15, -0.1) is 0 Å². The maximum absolute atomic E-state index is 5.75. The largest absolute Gasteiger partial charge is 0.493 e. The van der Waals surface area contributed by atoms with Gasteiger partial charge in [0.25, 0.3) is 0 Å². The number of para-hydroxylation sites is 1. The fraction of sp³-hybridized carbons (Fsp3) is 0.333. The van der Waals surface area contributed by atoms with Crippen LogP contribution in [0.4, 0.5) is 0 Å². The monoisotopic (exact) mass is 289 g/mol. The number of aromatic nitrogens is 2. The number of rotatable bonds is 7. The van der Waals surface area contributed by atoms with Crippen LogP contribution in [0.2, 0.25) is 0 Å². The first kappa shape index (κ1) is 14.8. The Morgan fingerprint density at radius 3 is 2.70 bits per heavy atom. The first-order chi connectivity index (χ1) is 9.79. The highest BCUT2D eigenvalue weighted by atomic mass is 32.2. The molecule has 1 aromatic heterocycles. The van der Waals surface area contributed by atoms with Crippen molar-refractivity contribution in [1.29, 1.82) is 0 Å². The standard InChI is InChI=1S/C15H19N3OS/c1-12-10-17-15(18-11-12)20-8-4-7-19-14-6-3-2-5-13(14)9-16/h2-3,5-6,10-11H,4,7-9,16H2,1H3. The van der Waals surface area contributed by atoms with Crippen LogP contribution in [-0.2, 0) is 6.54 Å². The second kappa shape index (κ2) is 7.87. The highest BCUT2D eigenvalue weighted by molar-refractivity contribution is 7.99. The van der Waals surface area contributed by atoms with Crippen molar-refractivity contribution in [3.05, 3.63) is 47.8 Å². The van der Waals surface area contributed by atoms with E-state index in [0.29, 0.717) is 13.2 Å². The van der Waals surface area contributed by atoms with E-state index in [4.69, 9.17) is 10.5 Å². The number of hydrogen-bond acceptors (Lipinski definition) is 5. The van der Waals surface area contributed by atoms with Gasteiger partial charge in [-0.1, -0.05) is 30.0 Å². The maximum atomic E-state index is 5.75. The third-order valence-corrected chi connectivity index (χ3v) is 3.69. The van der Waals surface area contributed by atoms with Gasteiger partial charge in [0.05, 0.1) is 6.61 Å². The van der Waals surface area contributed by atoms with E-state index in [1.54, 1.807) is 11.8 Å². The number of aryl methyl sites for hydroxylation is 1. The molecular formula is C15H19N3OS. The number of benzene rings is 1. The van der Waals surface area contributed by atoms with Crippen LogP contribution in [0.1, 0.15) is 17.5 Å². The zero-order valence-corrected chi connectivity index (χ0v) is 12.4. The van der Waals surface area contributed by atoms with E-state index < -0.39 is 0 Å². The Balaban J connectivity index is 1.70. The van der Waals surface area contributed by atoms with Crippen LogP contribution in [0.5, 0.6) is 5.75 Å². The van der Waals surface area contributed by atoms with E-state index in [2.05, 4.69) is 9.97 Å². The van der Waals surface area contributed by atoms with Gasteiger partial charge >= 0.3 is 0 Å². The molecule has 4 nitrogen and oxygen atoms in total. The van der Waals surface area contributed by atoms with Crippen molar-refractivity contribution in [2.45, 2.75) is 25.0 Å². The molecule has 0 aliphatic rings. The van der Waals surface area contributed by atoms with E-state index in [0.717, 1.165) is 34.2 Å². The van der Waals surface area contributed by atoms with Crippen LogP contribution in [0.15, 0.2) is 41.8 Å². The van der Waals surface area contributed by atoms with E-state index in [-0.39, 0.29) is 0 Å². The van der Waals surface area contributed by atoms with Gasteiger partial charge in [0.2, 0.25) is 0 Å². The molecular weight excluding hydrogens is 270 g/mol. The number of nitrogens with two attached hydrogens (primary N) is 1. The average Bonchev–Trinajstić information content (AvgIpc) is 2.49. The van der Waals surface area contributed by atoms with Gasteiger partial charge in [-0.25, -0.2) is 9.97 Å². The van der Waals surface area contributed by atoms with Crippen LogP contribution >= 0.6 is 11.8 Å². The number of nitrogens with zero attached hydrogens (tertiary/aromatic N) is 2. The highest BCUT2D eigenvalue weighted by Crippen LogP contribution is 2.18. The molecule has 0 saturated heterocycles. The van der Waals surface area contributed by atoms with Crippen molar-refractivity contribution >= 4 is 11.8 Å². The normalized spacial score (nSPS) is 10.5. The molecule has 0 fully saturated rings. The molecule has 1 heterocycles. The molecule has 0 atom stereocenters. The van der Waals surface area contributed by atoms with Crippen molar-refractivity contribution in [3.8, 4) is 5.75 Å². The Labute approximate surface area is 123 Å². The zero-order chi connectivity index (χ0) is 14.2. The molecule has 106 valence electrons. The molecule has 5 heteroatoms. The molecule has 0 aliphatic carbocycles. The lowest BCUT2D eigenvalue weighted by molar-refractivity contribution is 0.315. The summed E-state index contributed by atoms with van der Waals surface area (Å²) >= 11 is 1.65. The lowest BCUT2D eigenvalue weighted by Crippen LogP contribution is -2.04. The fourth-order valence-corrected chi connectivity index (χ4v) is 2.37. The van der Waals surface area contributed by atoms with Gasteiger partial charge in [0.15, 0.2) is 5.16 Å². The SMILES string of the molecule is Cc1cnc(SCCCOc2ccccc2CN)nc1. The molecule has 0 spiro atoms. The summed E-state index contributed by atoms with van der Waals surface area (Å²) in [6, 6.07) is 7.88. The summed E-state index contributed by atoms with van der Waals surface area (Å²) < 4.78 is 5.75. The summed E-state index contributed by atoms with van der Waals surface area (Å²) in [5.41, 5.74) is 7.79. The van der Waals surface area contributed by atoms with Crippen LogP contribution in [0, 0.1) is 6.92 Å². The van der Waals surface area contributed by atoms with Gasteiger partial charge in [0.1, 0.15) is 5.75 Å². The van der Waals surface area contributed by atoms with E-state index in [9.17, 15) is 0 Å². The molecule has 2 aromatic rings. The lowest BCUT2D eigenvalue weighted by Gasteiger charge is -2.09. The maximum Gasteiger partial charge on any atom is 0.187 e. The van der Waals surface area contributed by atoms with Gasteiger partial charge in [0, 0.05) is 30.3 Å². The average molecular weight is 289 g/mol. The molecule has 0 saturated carbocycles. The summed E-state index contributed by atoms with van der Waals surface area (Å²) in [6.45, 7) is 3.16. The van der Waals surface area contributed by atoms with E-state index in [1.165, 1.54) is 0 Å². The van der Waals surface area contributed by atoms with Crippen LogP contribution in [0.3, 0.4) is 0 Å². The third-order valence-electron chi connectivity index (χ3n) is 2.73. The van der Waals surface area contributed by atoms with Crippen molar-refractivity contribution in [2.75, 3.05) is 12.4 Å². The summed E-state index contributed by atoms with van der Waals surface area (Å²) in [5, 5.41) is 0.818. The Morgan fingerprint density at radius 2 is 1.95 bits per heavy atom. The number of thioether (sulfide) groups is 1. The van der Waals surface area contributed by atoms with Gasteiger partial charge < -0.3 is 10.5 Å². The van der Waals surface area contributed by atoms with Crippen molar-refractivity contribution in [2.24, 2.45) is 5.73 Å². The third kappa shape index (κ3) is 4.51. The minimum atomic E-state index is 0.502. The molecule has 1 aromatic carbocycles. The topological polar surface area (TPSA) is 61.0 Å². The molecule has 2 N–H and O–H groups in total. The van der Waals surface area contributed by atoms with Gasteiger partial charge in [-0.2, -0.15) is 0 Å². The summed E-state index contributed by atoms with van der Waals surface area (Å²) in [5.74, 6) is 1.82. The van der Waals surface area contributed by atoms with Gasteiger partial charge in [-0.05, 0) is 25.0 Å². The highest BCUT2D eigenvalue weighted by Gasteiger charge is 2.01. The Kier molecular flexibility index (Phi) is 5.83. The molecule has 20 heavy (non-hydrogen) atoms. The van der Waals surface area contributed by atoms with E-state index in [1.807, 2.05) is 43.6 Å².